The van der Waals surface area contributed by atoms with Crippen LogP contribution in [0.15, 0.2) is 30.5 Å². The molecular weight excluding hydrogens is 370 g/mol. The number of ether oxygens (including phenoxy) is 2. The molecule has 140 valence electrons. The van der Waals surface area contributed by atoms with Gasteiger partial charge in [0.05, 0.1) is 30.9 Å². The van der Waals surface area contributed by atoms with Crippen LogP contribution in [-0.4, -0.2) is 54.5 Å². The molecule has 3 aromatic rings. The topological polar surface area (TPSA) is 87.7 Å². The first-order valence-corrected chi connectivity index (χ1v) is 8.88. The maximum atomic E-state index is 11.4. The van der Waals surface area contributed by atoms with Gasteiger partial charge in [-0.3, -0.25) is 0 Å². The van der Waals surface area contributed by atoms with Crippen molar-refractivity contribution in [2.45, 2.75) is 0 Å². The zero-order valence-electron chi connectivity index (χ0n) is 14.7. The summed E-state index contributed by atoms with van der Waals surface area (Å²) in [5, 5.41) is 10.4. The molecule has 0 bridgehead atoms. The quantitative estimate of drug-likeness (QED) is 0.713. The average molecular weight is 388 g/mol. The number of anilines is 1. The highest BCUT2D eigenvalue weighted by Crippen LogP contribution is 2.38. The second kappa shape index (κ2) is 7.09. The summed E-state index contributed by atoms with van der Waals surface area (Å²) in [5.74, 6) is 0.249. The van der Waals surface area contributed by atoms with Crippen LogP contribution < -0.4 is 9.64 Å². The molecule has 7 nitrogen and oxygen atoms in total. The first kappa shape index (κ1) is 17.6. The molecule has 1 aromatic carbocycles. The van der Waals surface area contributed by atoms with Crippen LogP contribution in [-0.2, 0) is 4.74 Å². The number of aromatic carboxylic acids is 1. The minimum atomic E-state index is -0.998. The number of carbonyl (C=O) groups is 1. The highest BCUT2D eigenvalue weighted by Gasteiger charge is 2.19. The number of nitrogens with zero attached hydrogens (tertiary/aromatic N) is 2. The number of morpholine rings is 1. The number of hydrogen-bond acceptors (Lipinski definition) is 5. The molecule has 27 heavy (non-hydrogen) atoms. The molecular formula is C19H18ClN3O4. The van der Waals surface area contributed by atoms with E-state index in [1.807, 2.05) is 12.1 Å². The van der Waals surface area contributed by atoms with E-state index < -0.39 is 5.97 Å². The van der Waals surface area contributed by atoms with E-state index in [-0.39, 0.29) is 5.56 Å². The number of fused-ring (bicyclic) bond motifs is 1. The van der Waals surface area contributed by atoms with E-state index in [2.05, 4.69) is 14.9 Å². The summed E-state index contributed by atoms with van der Waals surface area (Å²) < 4.78 is 10.9. The van der Waals surface area contributed by atoms with E-state index in [9.17, 15) is 9.90 Å². The van der Waals surface area contributed by atoms with E-state index >= 15 is 0 Å². The Labute approximate surface area is 160 Å². The molecule has 0 radical (unpaired) electrons. The Morgan fingerprint density at radius 1 is 1.30 bits per heavy atom. The SMILES string of the molecule is COc1nc(N2CCOCC2)ccc1-c1cc2c(C(=O)O)c[nH]c2cc1Cl. The van der Waals surface area contributed by atoms with E-state index in [1.165, 1.54) is 6.20 Å². The van der Waals surface area contributed by atoms with Gasteiger partial charge in [-0.2, -0.15) is 4.98 Å². The molecule has 1 fully saturated rings. The van der Waals surface area contributed by atoms with Gasteiger partial charge in [-0.25, -0.2) is 4.79 Å². The minimum Gasteiger partial charge on any atom is -0.480 e. The number of hydrogen-bond donors (Lipinski definition) is 2. The summed E-state index contributed by atoms with van der Waals surface area (Å²) in [6.07, 6.45) is 1.46. The van der Waals surface area contributed by atoms with Gasteiger partial charge in [0.15, 0.2) is 0 Å². The maximum Gasteiger partial charge on any atom is 0.337 e. The number of aromatic amines is 1. The number of carboxylic acid groups (broad SMARTS) is 1. The number of benzene rings is 1. The van der Waals surface area contributed by atoms with Crippen molar-refractivity contribution in [2.24, 2.45) is 0 Å². The highest BCUT2D eigenvalue weighted by molar-refractivity contribution is 6.34. The molecule has 0 aliphatic carbocycles. The van der Waals surface area contributed by atoms with E-state index in [0.717, 1.165) is 18.9 Å². The molecule has 1 saturated heterocycles. The third-order valence-electron chi connectivity index (χ3n) is 4.66. The Kier molecular flexibility index (Phi) is 4.63. The maximum absolute atomic E-state index is 11.4. The van der Waals surface area contributed by atoms with Crippen LogP contribution in [0.2, 0.25) is 5.02 Å². The van der Waals surface area contributed by atoms with Crippen LogP contribution in [0.25, 0.3) is 22.0 Å². The van der Waals surface area contributed by atoms with Gasteiger partial charge in [-0.15, -0.1) is 0 Å². The smallest absolute Gasteiger partial charge is 0.337 e. The number of aromatic nitrogens is 2. The fraction of sp³-hybridized carbons (Fsp3) is 0.263. The van der Waals surface area contributed by atoms with Crippen molar-refractivity contribution in [2.75, 3.05) is 38.3 Å². The van der Waals surface area contributed by atoms with Crippen molar-refractivity contribution >= 4 is 34.3 Å². The predicted octanol–water partition coefficient (Wildman–Crippen LogP) is 3.43. The van der Waals surface area contributed by atoms with E-state index in [1.54, 1.807) is 19.2 Å². The Bertz CT molecular complexity index is 1010. The molecule has 0 saturated carbocycles. The molecule has 0 atom stereocenters. The second-order valence-corrected chi connectivity index (χ2v) is 6.62. The van der Waals surface area contributed by atoms with E-state index in [0.29, 0.717) is 46.1 Å². The summed E-state index contributed by atoms with van der Waals surface area (Å²) in [7, 11) is 1.56. The Balaban J connectivity index is 1.81. The molecule has 2 aromatic heterocycles. The van der Waals surface area contributed by atoms with Crippen molar-refractivity contribution in [1.29, 1.82) is 0 Å². The lowest BCUT2D eigenvalue weighted by atomic mass is 10.0. The Morgan fingerprint density at radius 3 is 2.78 bits per heavy atom. The monoisotopic (exact) mass is 387 g/mol. The molecule has 8 heteroatoms. The standard InChI is InChI=1S/C19H18ClN3O4/c1-26-18-11(2-3-17(22-18)23-4-6-27-7-5-23)12-8-13-14(19(24)25)10-21-16(13)9-15(12)20/h2-3,8-10,21H,4-7H2,1H3,(H,24,25). The van der Waals surface area contributed by atoms with Gasteiger partial charge in [-0.05, 0) is 24.3 Å². The number of nitrogens with one attached hydrogen (secondary N) is 1. The van der Waals surface area contributed by atoms with Crippen molar-refractivity contribution in [3.05, 3.63) is 41.0 Å². The Hall–Kier alpha value is -2.77. The van der Waals surface area contributed by atoms with Gasteiger partial charge in [0, 0.05) is 41.3 Å². The average Bonchev–Trinajstić information content (AvgIpc) is 3.10. The fourth-order valence-corrected chi connectivity index (χ4v) is 3.55. The highest BCUT2D eigenvalue weighted by atomic mass is 35.5. The number of rotatable bonds is 4. The predicted molar refractivity (Wildman–Crippen MR) is 103 cm³/mol. The van der Waals surface area contributed by atoms with Crippen molar-refractivity contribution in [1.82, 2.24) is 9.97 Å². The second-order valence-electron chi connectivity index (χ2n) is 6.21. The third kappa shape index (κ3) is 3.20. The van der Waals surface area contributed by atoms with Gasteiger partial charge >= 0.3 is 5.97 Å². The van der Waals surface area contributed by atoms with Crippen LogP contribution in [0.5, 0.6) is 5.88 Å². The summed E-state index contributed by atoms with van der Waals surface area (Å²) in [6, 6.07) is 7.29. The number of halogens is 1. The fourth-order valence-electron chi connectivity index (χ4n) is 3.29. The minimum absolute atomic E-state index is 0.194. The number of carboxylic acids is 1. The van der Waals surface area contributed by atoms with E-state index in [4.69, 9.17) is 21.1 Å². The first-order chi connectivity index (χ1) is 13.1. The van der Waals surface area contributed by atoms with Crippen molar-refractivity contribution < 1.29 is 19.4 Å². The van der Waals surface area contributed by atoms with Crippen LogP contribution in [0.1, 0.15) is 10.4 Å². The first-order valence-electron chi connectivity index (χ1n) is 8.50. The van der Waals surface area contributed by atoms with Gasteiger partial charge < -0.3 is 24.5 Å². The number of methoxy groups -OCH3 is 1. The zero-order valence-corrected chi connectivity index (χ0v) is 15.4. The van der Waals surface area contributed by atoms with Crippen molar-refractivity contribution in [3.63, 3.8) is 0 Å². The summed E-state index contributed by atoms with van der Waals surface area (Å²) in [6.45, 7) is 2.88. The molecule has 1 aliphatic heterocycles. The summed E-state index contributed by atoms with van der Waals surface area (Å²) in [4.78, 5) is 21.1. The Morgan fingerprint density at radius 2 is 2.07 bits per heavy atom. The molecule has 2 N–H and O–H groups in total. The molecule has 4 rings (SSSR count). The molecule has 0 unspecified atom stereocenters. The van der Waals surface area contributed by atoms with Gasteiger partial charge in [0.2, 0.25) is 5.88 Å². The lowest BCUT2D eigenvalue weighted by molar-refractivity contribution is 0.0699. The van der Waals surface area contributed by atoms with Gasteiger partial charge in [-0.1, -0.05) is 11.6 Å². The van der Waals surface area contributed by atoms with Crippen molar-refractivity contribution in [3.8, 4) is 17.0 Å². The summed E-state index contributed by atoms with van der Waals surface area (Å²) in [5.41, 5.74) is 2.24. The van der Waals surface area contributed by atoms with Crippen LogP contribution >= 0.6 is 11.6 Å². The molecule has 3 heterocycles. The molecule has 1 aliphatic rings. The third-order valence-corrected chi connectivity index (χ3v) is 4.98. The lowest BCUT2D eigenvalue weighted by Gasteiger charge is -2.28. The lowest BCUT2D eigenvalue weighted by Crippen LogP contribution is -2.36. The molecule has 0 amide bonds. The number of pyridine rings is 1. The largest absolute Gasteiger partial charge is 0.480 e. The zero-order chi connectivity index (χ0) is 19.0. The van der Waals surface area contributed by atoms with Crippen LogP contribution in [0.3, 0.4) is 0 Å². The van der Waals surface area contributed by atoms with Crippen LogP contribution in [0, 0.1) is 0 Å². The molecule has 0 spiro atoms. The number of H-pyrrole nitrogens is 1. The normalized spacial score (nSPS) is 14.5. The summed E-state index contributed by atoms with van der Waals surface area (Å²) >= 11 is 6.47. The van der Waals surface area contributed by atoms with Gasteiger partial charge in [0.1, 0.15) is 5.82 Å². The van der Waals surface area contributed by atoms with Gasteiger partial charge in [0.25, 0.3) is 0 Å². The van der Waals surface area contributed by atoms with Crippen LogP contribution in [0.4, 0.5) is 5.82 Å².